The number of aliphatic hydroxyl groups is 2. The molecule has 1 fully saturated rings. The van der Waals surface area contributed by atoms with Crippen LogP contribution in [0.2, 0.25) is 0 Å². The van der Waals surface area contributed by atoms with Crippen LogP contribution >= 0.6 is 12.2 Å². The summed E-state index contributed by atoms with van der Waals surface area (Å²) in [6, 6.07) is 0. The monoisotopic (exact) mass is 269 g/mol. The van der Waals surface area contributed by atoms with Gasteiger partial charge in [0.15, 0.2) is 0 Å². The smallest absolute Gasteiger partial charge is 0.127 e. The second-order valence-electron chi connectivity index (χ2n) is 4.67. The highest BCUT2D eigenvalue weighted by atomic mass is 32.1. The van der Waals surface area contributed by atoms with Gasteiger partial charge in [-0.1, -0.05) is 12.2 Å². The number of nitrogens with zero attached hydrogens (tertiary/aromatic N) is 1. The Morgan fingerprint density at radius 2 is 2.17 bits per heavy atom. The van der Waals surface area contributed by atoms with Gasteiger partial charge >= 0.3 is 0 Å². The van der Waals surface area contributed by atoms with Crippen molar-refractivity contribution in [2.45, 2.75) is 31.2 Å². The fourth-order valence-corrected chi connectivity index (χ4v) is 2.65. The summed E-state index contributed by atoms with van der Waals surface area (Å²) in [6.45, 7) is -0.0514. The Morgan fingerprint density at radius 3 is 2.67 bits per heavy atom. The van der Waals surface area contributed by atoms with Crippen LogP contribution in [0, 0.1) is 0 Å². The van der Waals surface area contributed by atoms with Gasteiger partial charge in [-0.05, 0) is 37.5 Å². The fourth-order valence-electron chi connectivity index (χ4n) is 2.32. The number of rotatable bonds is 4. The van der Waals surface area contributed by atoms with E-state index in [4.69, 9.17) is 12.2 Å². The normalized spacial score (nSPS) is 22.0. The molecule has 0 atom stereocenters. The molecule has 2 aliphatic carbocycles. The lowest BCUT2D eigenvalue weighted by molar-refractivity contribution is 0.0377. The summed E-state index contributed by atoms with van der Waals surface area (Å²) < 4.78 is 14.0. The van der Waals surface area contributed by atoms with Crippen LogP contribution in [0.15, 0.2) is 35.5 Å². The predicted octanol–water partition coefficient (Wildman–Crippen LogP) is 2.74. The van der Waals surface area contributed by atoms with Crippen molar-refractivity contribution in [3.05, 3.63) is 35.5 Å². The Labute approximate surface area is 111 Å². The van der Waals surface area contributed by atoms with Gasteiger partial charge in [0.25, 0.3) is 0 Å². The lowest BCUT2D eigenvalue weighted by Gasteiger charge is -2.48. The van der Waals surface area contributed by atoms with Crippen LogP contribution in [0.3, 0.4) is 0 Å². The van der Waals surface area contributed by atoms with E-state index in [1.165, 1.54) is 23.7 Å². The Morgan fingerprint density at radius 1 is 1.44 bits per heavy atom. The number of hydrogen-bond acceptors (Lipinski definition) is 3. The molecule has 0 radical (unpaired) electrons. The minimum Gasteiger partial charge on any atom is -0.508 e. The van der Waals surface area contributed by atoms with Crippen molar-refractivity contribution in [1.82, 2.24) is 4.90 Å². The van der Waals surface area contributed by atoms with Crippen molar-refractivity contribution in [2.24, 2.45) is 0 Å². The zero-order valence-electron chi connectivity index (χ0n) is 9.97. The largest absolute Gasteiger partial charge is 0.508 e. The summed E-state index contributed by atoms with van der Waals surface area (Å²) in [5, 5.41) is 18.9. The quantitative estimate of drug-likeness (QED) is 0.770. The number of allylic oxidation sites excluding steroid dienone is 4. The van der Waals surface area contributed by atoms with Crippen molar-refractivity contribution >= 4 is 17.7 Å². The van der Waals surface area contributed by atoms with E-state index in [9.17, 15) is 14.6 Å². The standard InChI is InChI=1S/C13H16FNO2S/c14-11-4-2-10(17)3-5-12(11)15(9-18)13(8-16)6-1-7-13/h2-3,5,9,16-17H,1,4,6-8H2. The summed E-state index contributed by atoms with van der Waals surface area (Å²) in [5.41, 5.74) is 1.24. The molecule has 0 bridgehead atoms. The maximum absolute atomic E-state index is 14.0. The average molecular weight is 269 g/mol. The van der Waals surface area contributed by atoms with Gasteiger partial charge in [0, 0.05) is 6.42 Å². The van der Waals surface area contributed by atoms with E-state index in [1.54, 1.807) is 4.90 Å². The first-order valence-corrected chi connectivity index (χ1v) is 6.41. The average Bonchev–Trinajstić information content (AvgIpc) is 2.47. The van der Waals surface area contributed by atoms with Crippen LogP contribution in [-0.2, 0) is 0 Å². The maximum Gasteiger partial charge on any atom is 0.127 e. The molecular weight excluding hydrogens is 253 g/mol. The molecule has 0 aromatic rings. The van der Waals surface area contributed by atoms with Crippen molar-refractivity contribution in [1.29, 1.82) is 0 Å². The van der Waals surface area contributed by atoms with Crippen LogP contribution < -0.4 is 0 Å². The second-order valence-corrected chi connectivity index (χ2v) is 4.88. The fraction of sp³-hybridized carbons (Fsp3) is 0.462. The maximum atomic E-state index is 14.0. The Balaban J connectivity index is 2.33. The van der Waals surface area contributed by atoms with Crippen LogP contribution in [0.5, 0.6) is 0 Å². The molecule has 0 heterocycles. The van der Waals surface area contributed by atoms with Gasteiger partial charge in [0.2, 0.25) is 0 Å². The lowest BCUT2D eigenvalue weighted by Crippen LogP contribution is -2.55. The van der Waals surface area contributed by atoms with Gasteiger partial charge in [0.05, 0.1) is 23.3 Å². The van der Waals surface area contributed by atoms with Crippen LogP contribution in [0.25, 0.3) is 0 Å². The molecule has 0 aromatic heterocycles. The van der Waals surface area contributed by atoms with Gasteiger partial charge in [-0.15, -0.1) is 0 Å². The first-order chi connectivity index (χ1) is 8.63. The van der Waals surface area contributed by atoms with Crippen LogP contribution in [-0.4, -0.2) is 32.8 Å². The number of hydrogen-bond donors (Lipinski definition) is 2. The summed E-state index contributed by atoms with van der Waals surface area (Å²) in [7, 11) is 0. The van der Waals surface area contributed by atoms with Crippen LogP contribution in [0.1, 0.15) is 25.7 Å². The van der Waals surface area contributed by atoms with E-state index >= 15 is 0 Å². The summed E-state index contributed by atoms with van der Waals surface area (Å²) in [4.78, 5) is 1.63. The highest BCUT2D eigenvalue weighted by Crippen LogP contribution is 2.40. The van der Waals surface area contributed by atoms with E-state index < -0.39 is 5.54 Å². The molecule has 0 amide bonds. The van der Waals surface area contributed by atoms with E-state index in [0.717, 1.165) is 19.3 Å². The molecule has 1 saturated carbocycles. The third-order valence-corrected chi connectivity index (χ3v) is 3.85. The van der Waals surface area contributed by atoms with Gasteiger partial charge < -0.3 is 15.1 Å². The molecule has 3 nitrogen and oxygen atoms in total. The molecule has 18 heavy (non-hydrogen) atoms. The Hall–Kier alpha value is -1.20. The number of thiocarbonyl (C=S) groups is 1. The van der Waals surface area contributed by atoms with E-state index in [0.29, 0.717) is 5.70 Å². The topological polar surface area (TPSA) is 43.7 Å². The van der Waals surface area contributed by atoms with E-state index in [2.05, 4.69) is 0 Å². The van der Waals surface area contributed by atoms with Crippen LogP contribution in [0.4, 0.5) is 4.39 Å². The third-order valence-electron chi connectivity index (χ3n) is 3.63. The molecule has 2 N–H and O–H groups in total. The van der Waals surface area contributed by atoms with Crippen molar-refractivity contribution in [2.75, 3.05) is 6.61 Å². The molecule has 2 rings (SSSR count). The summed E-state index contributed by atoms with van der Waals surface area (Å²) >= 11 is 4.97. The van der Waals surface area contributed by atoms with Gasteiger partial charge in [-0.2, -0.15) is 0 Å². The van der Waals surface area contributed by atoms with Gasteiger partial charge in [-0.25, -0.2) is 4.39 Å². The molecule has 2 aliphatic rings. The molecule has 98 valence electrons. The zero-order chi connectivity index (χ0) is 13.2. The van der Waals surface area contributed by atoms with Crippen molar-refractivity contribution in [3.8, 4) is 0 Å². The first-order valence-electron chi connectivity index (χ1n) is 5.94. The highest BCUT2D eigenvalue weighted by Gasteiger charge is 2.42. The molecule has 5 heteroatoms. The molecule has 0 aromatic carbocycles. The second kappa shape index (κ2) is 5.20. The first kappa shape index (κ1) is 13.2. The minimum atomic E-state index is -0.473. The molecule has 0 unspecified atom stereocenters. The summed E-state index contributed by atoms with van der Waals surface area (Å²) in [5.74, 6) is -0.313. The molecule has 0 aliphatic heterocycles. The Kier molecular flexibility index (Phi) is 3.82. The van der Waals surface area contributed by atoms with Gasteiger partial charge in [0.1, 0.15) is 11.6 Å². The zero-order valence-corrected chi connectivity index (χ0v) is 10.8. The Bertz CT molecular complexity index is 433. The highest BCUT2D eigenvalue weighted by molar-refractivity contribution is 7.78. The predicted molar refractivity (Wildman–Crippen MR) is 71.8 cm³/mol. The summed E-state index contributed by atoms with van der Waals surface area (Å²) in [6.07, 6.45) is 6.98. The number of aliphatic hydroxyl groups excluding tert-OH is 2. The lowest BCUT2D eigenvalue weighted by atomic mass is 9.76. The third kappa shape index (κ3) is 2.20. The van der Waals surface area contributed by atoms with E-state index in [1.807, 2.05) is 0 Å². The van der Waals surface area contributed by atoms with Gasteiger partial charge in [-0.3, -0.25) is 0 Å². The van der Waals surface area contributed by atoms with Crippen molar-refractivity contribution < 1.29 is 14.6 Å². The molecule has 0 spiro atoms. The van der Waals surface area contributed by atoms with Crippen molar-refractivity contribution in [3.63, 3.8) is 0 Å². The number of halogens is 1. The molecule has 0 saturated heterocycles. The van der Waals surface area contributed by atoms with E-state index in [-0.39, 0.29) is 24.6 Å². The SMILES string of the molecule is OCC1(N(C=S)C2=C(F)CC=C(O)C=C2)CCC1. The minimum absolute atomic E-state index is 0.0371. The molecular formula is C13H16FNO2S.